The molecule has 1 aliphatic heterocycles. The van der Waals surface area contributed by atoms with Crippen molar-refractivity contribution >= 4 is 29.4 Å². The van der Waals surface area contributed by atoms with E-state index in [1.807, 2.05) is 11.8 Å². The molecule has 0 fully saturated rings. The molecule has 0 aromatic heterocycles. The predicted octanol–water partition coefficient (Wildman–Crippen LogP) is 2.35. The number of halogens is 1. The summed E-state index contributed by atoms with van der Waals surface area (Å²) in [7, 11) is 0. The van der Waals surface area contributed by atoms with Crippen molar-refractivity contribution in [1.82, 2.24) is 0 Å². The van der Waals surface area contributed by atoms with Gasteiger partial charge in [0.25, 0.3) is 0 Å². The Morgan fingerprint density at radius 1 is 1.67 bits per heavy atom. The average Bonchev–Trinajstić information content (AvgIpc) is 2.73. The van der Waals surface area contributed by atoms with Crippen LogP contribution in [0.25, 0.3) is 0 Å². The molecule has 0 radical (unpaired) electrons. The van der Waals surface area contributed by atoms with E-state index in [4.69, 9.17) is 5.84 Å². The fourth-order valence-electron chi connectivity index (χ4n) is 2.05. The number of benzene rings is 1. The maximum Gasteiger partial charge on any atom is 0.153 e. The maximum absolute atomic E-state index is 13.6. The molecule has 0 bridgehead atoms. The molecule has 0 aliphatic carbocycles. The van der Waals surface area contributed by atoms with E-state index in [0.29, 0.717) is 0 Å². The summed E-state index contributed by atoms with van der Waals surface area (Å²) >= 11 is 1.37. The average molecular weight is 269 g/mol. The van der Waals surface area contributed by atoms with E-state index in [2.05, 4.69) is 12.3 Å². The van der Waals surface area contributed by atoms with Crippen LogP contribution in [0.5, 0.6) is 0 Å². The van der Waals surface area contributed by atoms with Crippen molar-refractivity contribution in [1.29, 1.82) is 0 Å². The standard InChI is InChI=1S/C12H16FN3OS/c1-3-7(2)16-10-5-9(15-14)8(13)4-11(10)18-12(16)6-17/h4-7,12,15H,3,14H2,1-2H3. The Bertz CT molecular complexity index is 469. The van der Waals surface area contributed by atoms with Gasteiger partial charge in [0.1, 0.15) is 11.2 Å². The van der Waals surface area contributed by atoms with E-state index in [1.165, 1.54) is 17.8 Å². The molecule has 2 unspecified atom stereocenters. The highest BCUT2D eigenvalue weighted by Gasteiger charge is 2.33. The SMILES string of the molecule is CCC(C)N1c2cc(NN)c(F)cc2SC1C=O. The molecule has 0 saturated heterocycles. The van der Waals surface area contributed by atoms with Crippen molar-refractivity contribution < 1.29 is 9.18 Å². The van der Waals surface area contributed by atoms with Gasteiger partial charge in [0.15, 0.2) is 6.29 Å². The highest BCUT2D eigenvalue weighted by atomic mass is 32.2. The minimum Gasteiger partial charge on any atom is -0.349 e. The molecule has 18 heavy (non-hydrogen) atoms. The zero-order chi connectivity index (χ0) is 13.3. The van der Waals surface area contributed by atoms with Crippen LogP contribution in [-0.4, -0.2) is 17.7 Å². The lowest BCUT2D eigenvalue weighted by Crippen LogP contribution is -2.38. The van der Waals surface area contributed by atoms with Crippen LogP contribution in [0.2, 0.25) is 0 Å². The lowest BCUT2D eigenvalue weighted by atomic mass is 10.1. The van der Waals surface area contributed by atoms with Crippen LogP contribution in [-0.2, 0) is 4.79 Å². The Balaban J connectivity index is 2.47. The number of hydrazine groups is 1. The van der Waals surface area contributed by atoms with Gasteiger partial charge in [0, 0.05) is 10.9 Å². The summed E-state index contributed by atoms with van der Waals surface area (Å²) in [5, 5.41) is -0.289. The number of thioether (sulfide) groups is 1. The van der Waals surface area contributed by atoms with Crippen LogP contribution in [0, 0.1) is 5.82 Å². The molecule has 2 atom stereocenters. The van der Waals surface area contributed by atoms with Crippen molar-refractivity contribution in [3.8, 4) is 0 Å². The molecular weight excluding hydrogens is 253 g/mol. The second-order valence-corrected chi connectivity index (χ2v) is 5.41. The second-order valence-electron chi connectivity index (χ2n) is 4.25. The molecule has 6 heteroatoms. The molecule has 98 valence electrons. The third-order valence-electron chi connectivity index (χ3n) is 3.19. The van der Waals surface area contributed by atoms with E-state index in [1.54, 1.807) is 6.07 Å². The highest BCUT2D eigenvalue weighted by Crippen LogP contribution is 2.46. The van der Waals surface area contributed by atoms with Gasteiger partial charge in [0.2, 0.25) is 0 Å². The van der Waals surface area contributed by atoms with Gasteiger partial charge >= 0.3 is 0 Å². The molecule has 1 heterocycles. The van der Waals surface area contributed by atoms with Gasteiger partial charge < -0.3 is 15.1 Å². The zero-order valence-corrected chi connectivity index (χ0v) is 11.1. The van der Waals surface area contributed by atoms with E-state index in [0.717, 1.165) is 23.3 Å². The van der Waals surface area contributed by atoms with Crippen LogP contribution in [0.15, 0.2) is 17.0 Å². The van der Waals surface area contributed by atoms with Crippen molar-refractivity contribution in [3.63, 3.8) is 0 Å². The smallest absolute Gasteiger partial charge is 0.153 e. The maximum atomic E-state index is 13.6. The Kier molecular flexibility index (Phi) is 3.77. The summed E-state index contributed by atoms with van der Waals surface area (Å²) in [6.07, 6.45) is 1.80. The minimum atomic E-state index is -0.403. The van der Waals surface area contributed by atoms with E-state index in [-0.39, 0.29) is 17.1 Å². The van der Waals surface area contributed by atoms with E-state index < -0.39 is 5.82 Å². The first kappa shape index (κ1) is 13.2. The first-order valence-corrected chi connectivity index (χ1v) is 6.70. The molecule has 1 aromatic carbocycles. The summed E-state index contributed by atoms with van der Waals surface area (Å²) in [6, 6.07) is 3.30. The van der Waals surface area contributed by atoms with Gasteiger partial charge in [-0.2, -0.15) is 0 Å². The first-order chi connectivity index (χ1) is 8.62. The van der Waals surface area contributed by atoms with Gasteiger partial charge in [-0.05, 0) is 25.5 Å². The van der Waals surface area contributed by atoms with Crippen molar-refractivity contribution in [3.05, 3.63) is 17.9 Å². The summed E-state index contributed by atoms with van der Waals surface area (Å²) < 4.78 is 13.6. The number of fused-ring (bicyclic) bond motifs is 1. The molecule has 1 aliphatic rings. The molecular formula is C12H16FN3OS. The van der Waals surface area contributed by atoms with Crippen LogP contribution < -0.4 is 16.2 Å². The first-order valence-electron chi connectivity index (χ1n) is 5.82. The van der Waals surface area contributed by atoms with E-state index in [9.17, 15) is 9.18 Å². The number of aldehydes is 1. The Hall–Kier alpha value is -1.27. The third kappa shape index (κ3) is 2.06. The molecule has 3 N–H and O–H groups in total. The number of nitrogens with one attached hydrogen (secondary N) is 1. The molecule has 0 amide bonds. The lowest BCUT2D eigenvalue weighted by Gasteiger charge is -2.29. The Morgan fingerprint density at radius 2 is 2.39 bits per heavy atom. The predicted molar refractivity (Wildman–Crippen MR) is 72.2 cm³/mol. The number of nitrogen functional groups attached to an aromatic ring is 1. The number of carbonyl (C=O) groups is 1. The van der Waals surface area contributed by atoms with Gasteiger partial charge in [-0.1, -0.05) is 18.7 Å². The second kappa shape index (κ2) is 5.16. The quantitative estimate of drug-likeness (QED) is 0.499. The molecule has 0 saturated carbocycles. The van der Waals surface area contributed by atoms with Crippen LogP contribution in [0.1, 0.15) is 20.3 Å². The van der Waals surface area contributed by atoms with Gasteiger partial charge in [0.05, 0.1) is 11.4 Å². The lowest BCUT2D eigenvalue weighted by molar-refractivity contribution is -0.107. The van der Waals surface area contributed by atoms with Crippen LogP contribution >= 0.6 is 11.8 Å². The molecule has 1 aromatic rings. The summed E-state index contributed by atoms with van der Waals surface area (Å²) in [6.45, 7) is 4.10. The molecule has 2 rings (SSSR count). The van der Waals surface area contributed by atoms with Crippen LogP contribution in [0.4, 0.5) is 15.8 Å². The van der Waals surface area contributed by atoms with Crippen LogP contribution in [0.3, 0.4) is 0 Å². The summed E-state index contributed by atoms with van der Waals surface area (Å²) in [5.74, 6) is 4.88. The van der Waals surface area contributed by atoms with Crippen molar-refractivity contribution in [2.75, 3.05) is 10.3 Å². The molecule has 0 spiro atoms. The number of carbonyl (C=O) groups excluding carboxylic acids is 1. The number of hydrogen-bond donors (Lipinski definition) is 2. The highest BCUT2D eigenvalue weighted by molar-refractivity contribution is 8.01. The summed E-state index contributed by atoms with van der Waals surface area (Å²) in [5.41, 5.74) is 3.44. The van der Waals surface area contributed by atoms with Gasteiger partial charge in [-0.25, -0.2) is 4.39 Å². The minimum absolute atomic E-state index is 0.213. The number of nitrogens with two attached hydrogens (primary N) is 1. The number of rotatable bonds is 4. The Labute approximate surface area is 110 Å². The van der Waals surface area contributed by atoms with Gasteiger partial charge in [-0.15, -0.1) is 0 Å². The monoisotopic (exact) mass is 269 g/mol. The number of hydrogen-bond acceptors (Lipinski definition) is 5. The van der Waals surface area contributed by atoms with Crippen molar-refractivity contribution in [2.24, 2.45) is 5.84 Å². The van der Waals surface area contributed by atoms with Crippen molar-refractivity contribution in [2.45, 2.75) is 36.6 Å². The fraction of sp³-hybridized carbons (Fsp3) is 0.417. The summed E-state index contributed by atoms with van der Waals surface area (Å²) in [4.78, 5) is 13.9. The van der Waals surface area contributed by atoms with E-state index >= 15 is 0 Å². The third-order valence-corrected chi connectivity index (χ3v) is 4.35. The largest absolute Gasteiger partial charge is 0.349 e. The number of anilines is 2. The zero-order valence-electron chi connectivity index (χ0n) is 10.3. The molecule has 4 nitrogen and oxygen atoms in total. The fourth-order valence-corrected chi connectivity index (χ4v) is 3.26. The van der Waals surface area contributed by atoms with Gasteiger partial charge in [-0.3, -0.25) is 5.84 Å². The Morgan fingerprint density at radius 3 is 2.94 bits per heavy atom. The number of nitrogens with zero attached hydrogens (tertiary/aromatic N) is 1. The normalized spacial score (nSPS) is 19.6. The topological polar surface area (TPSA) is 58.4 Å².